The van der Waals surface area contributed by atoms with Crippen LogP contribution in [0.3, 0.4) is 0 Å². The number of hydrogen-bond donors (Lipinski definition) is 3. The van der Waals surface area contributed by atoms with E-state index in [9.17, 15) is 39.3 Å². The van der Waals surface area contributed by atoms with Crippen molar-refractivity contribution in [1.29, 1.82) is 0 Å². The molecule has 2 saturated carbocycles. The first-order valence-corrected chi connectivity index (χ1v) is 14.6. The molecule has 0 unspecified atom stereocenters. The summed E-state index contributed by atoms with van der Waals surface area (Å²) in [6.07, 6.45) is 0.916. The molecule has 0 aromatic carbocycles. The lowest BCUT2D eigenvalue weighted by atomic mass is 9.42. The lowest BCUT2D eigenvalue weighted by molar-refractivity contribution is -0.177. The van der Waals surface area contributed by atoms with E-state index in [1.165, 1.54) is 13.8 Å². The standard InChI is InChI=1S/C32H44O9/c1-16(9-8-10-17(2)28(39)40)19-13-23(37)32(7)24-20(35)14-21-29(4,12-11-22(36)30(21,5)15-33)25(24)26(38)27(31(19,32)6)41-18(3)34/h10,16,19-21,27,33,35H,8-9,11-15H2,1-7H3,(H,39,40)/b17-10+/t16-,19-,20+,21-,27+,29+,30+,31+,32+/m1/s1. The highest BCUT2D eigenvalue weighted by Gasteiger charge is 2.74. The minimum absolute atomic E-state index is 0.118. The summed E-state index contributed by atoms with van der Waals surface area (Å²) in [5.74, 6) is -3.40. The Kier molecular flexibility index (Phi) is 7.83. The van der Waals surface area contributed by atoms with Crippen molar-refractivity contribution in [2.75, 3.05) is 6.61 Å². The van der Waals surface area contributed by atoms with E-state index in [0.717, 1.165) is 0 Å². The van der Waals surface area contributed by atoms with E-state index < -0.39 is 64.1 Å². The molecule has 0 spiro atoms. The summed E-state index contributed by atoms with van der Waals surface area (Å²) in [6, 6.07) is 0. The van der Waals surface area contributed by atoms with Gasteiger partial charge < -0.3 is 20.1 Å². The van der Waals surface area contributed by atoms with Crippen LogP contribution in [0.2, 0.25) is 0 Å². The predicted octanol–water partition coefficient (Wildman–Crippen LogP) is 3.59. The number of aliphatic carboxylic acids is 1. The van der Waals surface area contributed by atoms with Gasteiger partial charge in [0.2, 0.25) is 5.78 Å². The summed E-state index contributed by atoms with van der Waals surface area (Å²) in [5.41, 5.74) is -3.67. The third-order valence-electron chi connectivity index (χ3n) is 11.8. The van der Waals surface area contributed by atoms with E-state index in [2.05, 4.69) is 0 Å². The molecule has 2 fully saturated rings. The van der Waals surface area contributed by atoms with Gasteiger partial charge in [-0.05, 0) is 62.9 Å². The Morgan fingerprint density at radius 3 is 2.29 bits per heavy atom. The van der Waals surface area contributed by atoms with Crippen molar-refractivity contribution >= 4 is 29.3 Å². The minimum Gasteiger partial charge on any atom is -0.478 e. The van der Waals surface area contributed by atoms with Gasteiger partial charge in [-0.3, -0.25) is 19.2 Å². The molecule has 9 atom stereocenters. The van der Waals surface area contributed by atoms with Crippen LogP contribution in [-0.2, 0) is 28.7 Å². The zero-order valence-electron chi connectivity index (χ0n) is 25.2. The molecule has 4 rings (SSSR count). The van der Waals surface area contributed by atoms with Gasteiger partial charge in [0, 0.05) is 41.7 Å². The molecule has 0 aliphatic heterocycles. The fourth-order valence-corrected chi connectivity index (χ4v) is 9.13. The Hall–Kier alpha value is -2.65. The molecule has 3 N–H and O–H groups in total. The zero-order valence-corrected chi connectivity index (χ0v) is 25.2. The van der Waals surface area contributed by atoms with Crippen LogP contribution < -0.4 is 0 Å². The molecule has 41 heavy (non-hydrogen) atoms. The number of aliphatic hydroxyl groups excluding tert-OH is 2. The van der Waals surface area contributed by atoms with Crippen LogP contribution in [0.4, 0.5) is 0 Å². The molecule has 0 aromatic rings. The number of Topliss-reactive ketones (excluding diaryl/α,β-unsaturated/α-hetero) is 3. The predicted molar refractivity (Wildman–Crippen MR) is 148 cm³/mol. The van der Waals surface area contributed by atoms with Crippen LogP contribution in [0.5, 0.6) is 0 Å². The first-order chi connectivity index (χ1) is 18.9. The van der Waals surface area contributed by atoms with Crippen molar-refractivity contribution in [2.24, 2.45) is 39.4 Å². The Balaban J connectivity index is 1.90. The van der Waals surface area contributed by atoms with Crippen molar-refractivity contribution in [1.82, 2.24) is 0 Å². The third kappa shape index (κ3) is 4.21. The van der Waals surface area contributed by atoms with Gasteiger partial charge >= 0.3 is 11.9 Å². The number of rotatable bonds is 7. The third-order valence-corrected chi connectivity index (χ3v) is 11.8. The van der Waals surface area contributed by atoms with Gasteiger partial charge in [0.15, 0.2) is 6.10 Å². The van der Waals surface area contributed by atoms with Crippen LogP contribution in [0.1, 0.15) is 87.0 Å². The number of allylic oxidation sites excluding steroid dienone is 1. The monoisotopic (exact) mass is 572 g/mol. The molecule has 0 heterocycles. The largest absolute Gasteiger partial charge is 0.478 e. The number of ketones is 3. The van der Waals surface area contributed by atoms with Crippen molar-refractivity contribution in [3.8, 4) is 0 Å². The average Bonchev–Trinajstić information content (AvgIpc) is 3.11. The highest BCUT2D eigenvalue weighted by molar-refractivity contribution is 6.09. The molecule has 4 aliphatic rings. The molecule has 4 aliphatic carbocycles. The number of fused-ring (bicyclic) bond motifs is 4. The molecule has 0 radical (unpaired) electrons. The van der Waals surface area contributed by atoms with Crippen LogP contribution in [0, 0.1) is 39.4 Å². The summed E-state index contributed by atoms with van der Waals surface area (Å²) in [6.45, 7) is 11.4. The number of carboxylic acid groups (broad SMARTS) is 1. The summed E-state index contributed by atoms with van der Waals surface area (Å²) < 4.78 is 5.83. The fraction of sp³-hybridized carbons (Fsp3) is 0.719. The smallest absolute Gasteiger partial charge is 0.330 e. The van der Waals surface area contributed by atoms with Crippen LogP contribution in [0.15, 0.2) is 22.8 Å². The highest BCUT2D eigenvalue weighted by Crippen LogP contribution is 2.71. The molecule has 226 valence electrons. The topological polar surface area (TPSA) is 155 Å². The molecule has 0 saturated heterocycles. The second-order valence-electron chi connectivity index (χ2n) is 13.8. The maximum Gasteiger partial charge on any atom is 0.330 e. The van der Waals surface area contributed by atoms with Gasteiger partial charge in [0.05, 0.1) is 23.5 Å². The first-order valence-electron chi connectivity index (χ1n) is 14.6. The van der Waals surface area contributed by atoms with E-state index >= 15 is 0 Å². The number of hydrogen-bond acceptors (Lipinski definition) is 8. The van der Waals surface area contributed by atoms with Gasteiger partial charge in [-0.1, -0.05) is 33.8 Å². The summed E-state index contributed by atoms with van der Waals surface area (Å²) in [7, 11) is 0. The van der Waals surface area contributed by atoms with Gasteiger partial charge in [-0.25, -0.2) is 4.79 Å². The van der Waals surface area contributed by atoms with Crippen LogP contribution in [-0.4, -0.2) is 63.4 Å². The number of carboxylic acids is 1. The lowest BCUT2D eigenvalue weighted by Crippen LogP contribution is -2.65. The van der Waals surface area contributed by atoms with E-state index in [0.29, 0.717) is 24.8 Å². The minimum atomic E-state index is -1.31. The second kappa shape index (κ2) is 10.3. The number of carbonyl (C=O) groups is 5. The molecule has 9 heteroatoms. The average molecular weight is 573 g/mol. The van der Waals surface area contributed by atoms with Crippen molar-refractivity contribution in [2.45, 2.75) is 99.2 Å². The SMILES string of the molecule is CC(=O)O[C@H]1C(=O)C2=C([C@@H](O)C[C@H]3[C@](C)(CO)C(=O)CC[C@]23C)[C@]2(C)C(=O)C[C@H]([C@H](C)CC/C=C(\C)C(=O)O)[C@@]12C. The zero-order chi connectivity index (χ0) is 30.9. The fourth-order valence-electron chi connectivity index (χ4n) is 9.13. The van der Waals surface area contributed by atoms with E-state index in [1.807, 2.05) is 20.8 Å². The number of esters is 1. The van der Waals surface area contributed by atoms with Gasteiger partial charge in [0.25, 0.3) is 0 Å². The number of carbonyl (C=O) groups excluding carboxylic acids is 4. The van der Waals surface area contributed by atoms with Gasteiger partial charge in [-0.15, -0.1) is 0 Å². The highest BCUT2D eigenvalue weighted by atomic mass is 16.5. The lowest BCUT2D eigenvalue weighted by Gasteiger charge is -2.61. The Labute approximate surface area is 241 Å². The molecule has 0 amide bonds. The van der Waals surface area contributed by atoms with E-state index in [4.69, 9.17) is 4.74 Å². The molecular formula is C32H44O9. The molecular weight excluding hydrogens is 528 g/mol. The maximum atomic E-state index is 14.6. The van der Waals surface area contributed by atoms with E-state index in [-0.39, 0.29) is 53.8 Å². The Morgan fingerprint density at radius 1 is 1.10 bits per heavy atom. The molecule has 9 nitrogen and oxygen atoms in total. The summed E-state index contributed by atoms with van der Waals surface area (Å²) >= 11 is 0. The Bertz CT molecular complexity index is 1260. The van der Waals surface area contributed by atoms with Crippen LogP contribution >= 0.6 is 0 Å². The van der Waals surface area contributed by atoms with E-state index in [1.54, 1.807) is 19.9 Å². The van der Waals surface area contributed by atoms with Crippen molar-refractivity contribution in [3.63, 3.8) is 0 Å². The first kappa shape index (κ1) is 31.3. The van der Waals surface area contributed by atoms with Crippen LogP contribution in [0.25, 0.3) is 0 Å². The number of aliphatic hydroxyl groups is 2. The summed E-state index contributed by atoms with van der Waals surface area (Å²) in [4.78, 5) is 65.6. The second-order valence-corrected chi connectivity index (χ2v) is 13.8. The number of ether oxygens (including phenoxy) is 1. The normalized spacial score (nSPS) is 41.5. The van der Waals surface area contributed by atoms with Gasteiger partial charge in [0.1, 0.15) is 11.6 Å². The maximum absolute atomic E-state index is 14.6. The Morgan fingerprint density at radius 2 is 1.73 bits per heavy atom. The van der Waals surface area contributed by atoms with Gasteiger partial charge in [-0.2, -0.15) is 0 Å². The quantitative estimate of drug-likeness (QED) is 0.306. The molecule has 0 aromatic heterocycles. The van der Waals surface area contributed by atoms with Crippen molar-refractivity contribution in [3.05, 3.63) is 22.8 Å². The summed E-state index contributed by atoms with van der Waals surface area (Å²) in [5, 5.41) is 31.3. The van der Waals surface area contributed by atoms with Crippen molar-refractivity contribution < 1.29 is 44.0 Å². The molecule has 0 bridgehead atoms.